The topological polar surface area (TPSA) is 98.0 Å². The third-order valence-electron chi connectivity index (χ3n) is 2.20. The van der Waals surface area contributed by atoms with Crippen LogP contribution in [0.5, 0.6) is 0 Å². The summed E-state index contributed by atoms with van der Waals surface area (Å²) in [6.07, 6.45) is 2.85. The van der Waals surface area contributed by atoms with Crippen molar-refractivity contribution in [1.82, 2.24) is 9.97 Å². The van der Waals surface area contributed by atoms with E-state index in [-0.39, 0.29) is 5.69 Å². The molecule has 1 N–H and O–H groups in total. The number of nitro groups is 1. The van der Waals surface area contributed by atoms with Crippen LogP contribution in [0.15, 0.2) is 41.3 Å². The van der Waals surface area contributed by atoms with Crippen molar-refractivity contribution >= 4 is 33.3 Å². The Morgan fingerprint density at radius 1 is 1.21 bits per heavy atom. The minimum Gasteiger partial charge on any atom is -0.305 e. The molecule has 0 bridgehead atoms. The van der Waals surface area contributed by atoms with E-state index >= 15 is 0 Å². The number of nitrogens with zero attached hydrogens (tertiary/aromatic N) is 3. The van der Waals surface area contributed by atoms with Crippen molar-refractivity contribution in [2.75, 3.05) is 5.32 Å². The van der Waals surface area contributed by atoms with Crippen molar-refractivity contribution in [2.24, 2.45) is 0 Å². The van der Waals surface area contributed by atoms with Crippen LogP contribution >= 0.6 is 15.9 Å². The Kier molecular flexibility index (Phi) is 3.81. The molecule has 8 heteroatoms. The average Bonchev–Trinajstić information content (AvgIpc) is 2.41. The van der Waals surface area contributed by atoms with Crippen LogP contribution in [0.2, 0.25) is 0 Å². The van der Waals surface area contributed by atoms with Gasteiger partial charge >= 0.3 is 0 Å². The molecule has 0 spiro atoms. The third-order valence-corrected chi connectivity index (χ3v) is 2.61. The van der Waals surface area contributed by atoms with Crippen molar-refractivity contribution in [3.8, 4) is 0 Å². The van der Waals surface area contributed by atoms with Crippen molar-refractivity contribution in [2.45, 2.75) is 0 Å². The Hall–Kier alpha value is -2.35. The van der Waals surface area contributed by atoms with Crippen LogP contribution in [0, 0.1) is 10.1 Å². The number of aromatic nitrogens is 2. The molecule has 0 radical (unpaired) electrons. The lowest BCUT2D eigenvalue weighted by Gasteiger charge is -2.03. The minimum absolute atomic E-state index is 0.0695. The summed E-state index contributed by atoms with van der Waals surface area (Å²) in [6, 6.07) is 5.28. The molecule has 0 unspecified atom stereocenters. The average molecular weight is 323 g/mol. The molecule has 0 aliphatic carbocycles. The lowest BCUT2D eigenvalue weighted by molar-refractivity contribution is -0.384. The molecule has 1 amide bonds. The molecule has 0 aliphatic rings. The van der Waals surface area contributed by atoms with E-state index in [4.69, 9.17) is 0 Å². The second-order valence-electron chi connectivity index (χ2n) is 3.48. The summed E-state index contributed by atoms with van der Waals surface area (Å²) in [6.45, 7) is 0. The Labute approximate surface area is 116 Å². The number of nitrogens with one attached hydrogen (secondary N) is 1. The van der Waals surface area contributed by atoms with Crippen molar-refractivity contribution in [3.05, 3.63) is 56.9 Å². The van der Waals surface area contributed by atoms with E-state index < -0.39 is 10.8 Å². The van der Waals surface area contributed by atoms with E-state index in [0.717, 1.165) is 0 Å². The van der Waals surface area contributed by atoms with Crippen LogP contribution in [-0.2, 0) is 0 Å². The minimum atomic E-state index is -0.526. The van der Waals surface area contributed by atoms with Gasteiger partial charge < -0.3 is 5.32 Å². The largest absolute Gasteiger partial charge is 0.305 e. The third kappa shape index (κ3) is 3.32. The number of carbonyl (C=O) groups excluding carboxylic acids is 1. The highest BCUT2D eigenvalue weighted by molar-refractivity contribution is 9.10. The molecule has 7 nitrogen and oxygen atoms in total. The molecule has 19 heavy (non-hydrogen) atoms. The van der Waals surface area contributed by atoms with Crippen molar-refractivity contribution in [1.29, 1.82) is 0 Å². The monoisotopic (exact) mass is 322 g/mol. The summed E-state index contributed by atoms with van der Waals surface area (Å²) in [5.41, 5.74) is 0.232. The van der Waals surface area contributed by atoms with Crippen molar-refractivity contribution < 1.29 is 9.72 Å². The van der Waals surface area contributed by atoms with Gasteiger partial charge in [-0.25, -0.2) is 9.97 Å². The van der Waals surface area contributed by atoms with Crippen LogP contribution in [0.4, 0.5) is 11.5 Å². The molecule has 0 saturated heterocycles. The van der Waals surface area contributed by atoms with Gasteiger partial charge in [0.15, 0.2) is 5.82 Å². The van der Waals surface area contributed by atoms with E-state index in [1.807, 2.05) is 0 Å². The summed E-state index contributed by atoms with van der Waals surface area (Å²) in [7, 11) is 0. The number of hydrogen-bond donors (Lipinski definition) is 1. The maximum absolute atomic E-state index is 11.8. The first-order valence-electron chi connectivity index (χ1n) is 5.09. The highest BCUT2D eigenvalue weighted by Gasteiger charge is 2.10. The van der Waals surface area contributed by atoms with Crippen LogP contribution < -0.4 is 5.32 Å². The first-order chi connectivity index (χ1) is 9.06. The van der Waals surface area contributed by atoms with Crippen LogP contribution in [0.25, 0.3) is 0 Å². The quantitative estimate of drug-likeness (QED) is 0.691. The van der Waals surface area contributed by atoms with Gasteiger partial charge in [0.1, 0.15) is 4.60 Å². The lowest BCUT2D eigenvalue weighted by atomic mass is 10.2. The molecule has 2 rings (SSSR count). The fourth-order valence-electron chi connectivity index (χ4n) is 1.30. The zero-order valence-electron chi connectivity index (χ0n) is 9.41. The molecule has 0 saturated carbocycles. The van der Waals surface area contributed by atoms with E-state index in [9.17, 15) is 14.9 Å². The number of hydrogen-bond acceptors (Lipinski definition) is 5. The Bertz CT molecular complexity index is 613. The van der Waals surface area contributed by atoms with E-state index in [1.54, 1.807) is 0 Å². The van der Waals surface area contributed by atoms with Crippen LogP contribution in [0.1, 0.15) is 10.4 Å². The zero-order chi connectivity index (χ0) is 13.8. The summed E-state index contributed by atoms with van der Waals surface area (Å²) >= 11 is 3.13. The van der Waals surface area contributed by atoms with E-state index in [2.05, 4.69) is 31.2 Å². The lowest BCUT2D eigenvalue weighted by Crippen LogP contribution is -2.13. The maximum Gasteiger partial charge on any atom is 0.269 e. The van der Waals surface area contributed by atoms with E-state index in [1.165, 1.54) is 36.7 Å². The molecular weight excluding hydrogens is 316 g/mol. The van der Waals surface area contributed by atoms with Gasteiger partial charge in [0, 0.05) is 17.7 Å². The number of non-ortho nitro benzene ring substituents is 1. The fourth-order valence-corrected chi connectivity index (χ4v) is 1.50. The molecule has 1 heterocycles. The predicted molar refractivity (Wildman–Crippen MR) is 70.8 cm³/mol. The zero-order valence-corrected chi connectivity index (χ0v) is 11.0. The number of halogens is 1. The second kappa shape index (κ2) is 5.53. The molecule has 0 atom stereocenters. The summed E-state index contributed by atoms with van der Waals surface area (Å²) in [4.78, 5) is 29.6. The van der Waals surface area contributed by atoms with Gasteiger partial charge in [-0.3, -0.25) is 14.9 Å². The molecule has 1 aromatic heterocycles. The van der Waals surface area contributed by atoms with Gasteiger partial charge in [0.2, 0.25) is 0 Å². The SMILES string of the molecule is O=C(Nc1cnc(Br)cn1)c1ccc([N+](=O)[O-])cc1. The highest BCUT2D eigenvalue weighted by atomic mass is 79.9. The summed E-state index contributed by atoms with van der Waals surface area (Å²) in [5, 5.41) is 13.0. The molecule has 96 valence electrons. The Balaban J connectivity index is 2.11. The molecular formula is C11H7BrN4O3. The van der Waals surface area contributed by atoms with Gasteiger partial charge in [-0.1, -0.05) is 0 Å². The first-order valence-corrected chi connectivity index (χ1v) is 5.89. The van der Waals surface area contributed by atoms with Crippen LogP contribution in [0.3, 0.4) is 0 Å². The summed E-state index contributed by atoms with van der Waals surface area (Å²) in [5.74, 6) is -0.113. The standard InChI is InChI=1S/C11H7BrN4O3/c12-9-5-14-10(6-13-9)15-11(17)7-1-3-8(4-2-7)16(18)19/h1-6H,(H,14,15,17). The van der Waals surface area contributed by atoms with Crippen molar-refractivity contribution in [3.63, 3.8) is 0 Å². The normalized spacial score (nSPS) is 9.95. The molecule has 2 aromatic rings. The number of anilines is 1. The number of carbonyl (C=O) groups is 1. The Morgan fingerprint density at radius 2 is 1.89 bits per heavy atom. The van der Waals surface area contributed by atoms with Gasteiger partial charge in [-0.05, 0) is 28.1 Å². The van der Waals surface area contributed by atoms with Gasteiger partial charge in [-0.15, -0.1) is 0 Å². The number of nitro benzene ring substituents is 1. The van der Waals surface area contributed by atoms with Crippen LogP contribution in [-0.4, -0.2) is 20.8 Å². The Morgan fingerprint density at radius 3 is 2.42 bits per heavy atom. The van der Waals surface area contributed by atoms with E-state index in [0.29, 0.717) is 16.0 Å². The smallest absolute Gasteiger partial charge is 0.269 e. The number of benzene rings is 1. The number of amides is 1. The molecule has 0 fully saturated rings. The predicted octanol–water partition coefficient (Wildman–Crippen LogP) is 2.40. The maximum atomic E-state index is 11.8. The highest BCUT2D eigenvalue weighted by Crippen LogP contribution is 2.13. The van der Waals surface area contributed by atoms with Gasteiger partial charge in [0.05, 0.1) is 17.3 Å². The first kappa shape index (κ1) is 13.1. The second-order valence-corrected chi connectivity index (χ2v) is 4.29. The summed E-state index contributed by atoms with van der Waals surface area (Å²) < 4.78 is 0.556. The fraction of sp³-hybridized carbons (Fsp3) is 0. The number of rotatable bonds is 3. The molecule has 0 aliphatic heterocycles. The van der Waals surface area contributed by atoms with Gasteiger partial charge in [0.25, 0.3) is 11.6 Å². The van der Waals surface area contributed by atoms with Gasteiger partial charge in [-0.2, -0.15) is 0 Å². The molecule has 1 aromatic carbocycles.